The van der Waals surface area contributed by atoms with Crippen molar-refractivity contribution < 1.29 is 13.6 Å². The molecule has 0 spiro atoms. The van der Waals surface area contributed by atoms with Crippen molar-refractivity contribution in [2.45, 2.75) is 19.4 Å². The molecule has 3 heterocycles. The van der Waals surface area contributed by atoms with Crippen molar-refractivity contribution >= 4 is 44.5 Å². The van der Waals surface area contributed by atoms with Crippen LogP contribution in [0.2, 0.25) is 5.02 Å². The third-order valence-electron chi connectivity index (χ3n) is 4.72. The molecule has 152 valence electrons. The number of hydrogen-bond acceptors (Lipinski definition) is 5. The summed E-state index contributed by atoms with van der Waals surface area (Å²) in [6, 6.07) is 1.02. The van der Waals surface area contributed by atoms with E-state index >= 15 is 0 Å². The number of benzene rings is 1. The topological polar surface area (TPSA) is 75.9 Å². The van der Waals surface area contributed by atoms with Gasteiger partial charge in [-0.2, -0.15) is 24.1 Å². The summed E-state index contributed by atoms with van der Waals surface area (Å²) in [5.74, 6) is -0.802. The Morgan fingerprint density at radius 3 is 2.83 bits per heavy atom. The lowest BCUT2D eigenvalue weighted by molar-refractivity contribution is 0.216. The molecule has 1 amide bonds. The third kappa shape index (κ3) is 3.38. The van der Waals surface area contributed by atoms with E-state index in [2.05, 4.69) is 36.3 Å². The van der Waals surface area contributed by atoms with Crippen LogP contribution in [0.4, 0.5) is 13.6 Å². The molecule has 2 aromatic heterocycles. The van der Waals surface area contributed by atoms with Gasteiger partial charge in [0.05, 0.1) is 15.2 Å². The van der Waals surface area contributed by atoms with E-state index in [1.165, 1.54) is 15.6 Å². The Morgan fingerprint density at radius 2 is 2.10 bits per heavy atom. The number of hydrogen-bond donors (Lipinski definition) is 1. The summed E-state index contributed by atoms with van der Waals surface area (Å²) in [5.41, 5.74) is 1.57. The van der Waals surface area contributed by atoms with Crippen LogP contribution in [0.3, 0.4) is 0 Å². The Kier molecular flexibility index (Phi) is 5.26. The molecule has 1 aromatic carbocycles. The molecular weight excluding hydrogens is 470 g/mol. The van der Waals surface area contributed by atoms with Crippen molar-refractivity contribution in [2.75, 3.05) is 20.6 Å². The van der Waals surface area contributed by atoms with Gasteiger partial charge in [0.15, 0.2) is 5.82 Å². The largest absolute Gasteiger partial charge is 0.344 e. The van der Waals surface area contributed by atoms with E-state index in [1.54, 1.807) is 14.1 Å². The fourth-order valence-corrected chi connectivity index (χ4v) is 3.87. The lowest BCUT2D eigenvalue weighted by Crippen LogP contribution is -2.29. The molecule has 4 rings (SSSR count). The molecule has 0 saturated carbocycles. The van der Waals surface area contributed by atoms with Crippen molar-refractivity contribution in [2.24, 2.45) is 0 Å². The van der Waals surface area contributed by atoms with Crippen molar-refractivity contribution in [1.82, 2.24) is 30.0 Å². The van der Waals surface area contributed by atoms with E-state index in [0.29, 0.717) is 18.7 Å². The number of aryl methyl sites for hydroxylation is 1. The molecule has 3 aromatic rings. The predicted molar refractivity (Wildman–Crippen MR) is 108 cm³/mol. The molecule has 1 N–H and O–H groups in total. The van der Waals surface area contributed by atoms with Gasteiger partial charge in [-0.3, -0.25) is 0 Å². The van der Waals surface area contributed by atoms with Gasteiger partial charge in [0.2, 0.25) is 0 Å². The molecule has 0 unspecified atom stereocenters. The average molecular weight is 486 g/mol. The summed E-state index contributed by atoms with van der Waals surface area (Å²) in [6.45, 7) is 1.20. The first-order chi connectivity index (χ1) is 13.8. The molecule has 29 heavy (non-hydrogen) atoms. The van der Waals surface area contributed by atoms with Gasteiger partial charge in [-0.1, -0.05) is 11.6 Å². The summed E-state index contributed by atoms with van der Waals surface area (Å²) >= 11 is 9.19. The van der Waals surface area contributed by atoms with Gasteiger partial charge >= 0.3 is 12.1 Å². The first-order valence-electron chi connectivity index (χ1n) is 8.83. The highest BCUT2D eigenvalue weighted by atomic mass is 79.9. The van der Waals surface area contributed by atoms with Crippen LogP contribution < -0.4 is 5.32 Å². The molecule has 0 aliphatic carbocycles. The Morgan fingerprint density at radius 1 is 1.34 bits per heavy atom. The van der Waals surface area contributed by atoms with Crippen LogP contribution in [-0.2, 0) is 13.0 Å². The van der Waals surface area contributed by atoms with Crippen LogP contribution in [0, 0.1) is 11.9 Å². The van der Waals surface area contributed by atoms with Gasteiger partial charge in [-0.15, -0.1) is 0 Å². The maximum absolute atomic E-state index is 14.8. The summed E-state index contributed by atoms with van der Waals surface area (Å²) in [5, 5.41) is 8.02. The maximum atomic E-state index is 14.8. The van der Waals surface area contributed by atoms with Gasteiger partial charge in [-0.05, 0) is 41.4 Å². The minimum Gasteiger partial charge on any atom is -0.329 e. The van der Waals surface area contributed by atoms with Crippen molar-refractivity contribution in [3.05, 3.63) is 38.7 Å². The molecule has 0 bridgehead atoms. The van der Waals surface area contributed by atoms with E-state index < -0.39 is 17.9 Å². The Balaban J connectivity index is 2.10. The zero-order valence-electron chi connectivity index (χ0n) is 15.6. The average Bonchev–Trinajstić information content (AvgIpc) is 2.87. The predicted octanol–water partition coefficient (Wildman–Crippen LogP) is 3.75. The molecule has 1 aliphatic heterocycles. The number of amides is 1. The zero-order chi connectivity index (χ0) is 20.9. The molecule has 0 radical (unpaired) electrons. The van der Waals surface area contributed by atoms with E-state index in [9.17, 15) is 13.6 Å². The van der Waals surface area contributed by atoms with E-state index in [1.807, 2.05) is 0 Å². The Bertz CT molecular complexity index is 1150. The smallest absolute Gasteiger partial charge is 0.329 e. The number of aromatic nitrogens is 4. The highest BCUT2D eigenvalue weighted by Crippen LogP contribution is 2.37. The van der Waals surface area contributed by atoms with Gasteiger partial charge in [0.25, 0.3) is 0 Å². The Labute approximate surface area is 178 Å². The number of rotatable bonds is 1. The van der Waals surface area contributed by atoms with E-state index in [4.69, 9.17) is 11.6 Å². The number of fused-ring (bicyclic) bond motifs is 2. The minimum atomic E-state index is -1.11. The summed E-state index contributed by atoms with van der Waals surface area (Å²) < 4.78 is 30.2. The van der Waals surface area contributed by atoms with Gasteiger partial charge < -0.3 is 10.2 Å². The minimum absolute atomic E-state index is 0.0194. The van der Waals surface area contributed by atoms with E-state index in [0.717, 1.165) is 24.2 Å². The fraction of sp³-hybridized carbons (Fsp3) is 0.333. The lowest BCUT2D eigenvalue weighted by Gasteiger charge is -2.15. The van der Waals surface area contributed by atoms with Crippen molar-refractivity contribution in [1.29, 1.82) is 0 Å². The summed E-state index contributed by atoms with van der Waals surface area (Å²) in [7, 11) is 3.17. The monoisotopic (exact) mass is 484 g/mol. The molecule has 0 saturated heterocycles. The van der Waals surface area contributed by atoms with Crippen molar-refractivity contribution in [3.63, 3.8) is 0 Å². The second-order valence-electron chi connectivity index (χ2n) is 6.87. The number of halogens is 4. The van der Waals surface area contributed by atoms with Crippen LogP contribution in [-0.4, -0.2) is 51.3 Å². The number of nitrogens with zero attached hydrogens (tertiary/aromatic N) is 5. The molecule has 11 heteroatoms. The number of nitrogens with one attached hydrogen (secondary N) is 1. The second-order valence-corrected chi connectivity index (χ2v) is 8.07. The molecular formula is C18H16BrClF2N6O. The van der Waals surface area contributed by atoms with Crippen LogP contribution in [0.5, 0.6) is 0 Å². The number of carbonyl (C=O) groups is 1. The molecule has 0 fully saturated rings. The molecule has 7 nitrogen and oxygen atoms in total. The van der Waals surface area contributed by atoms with Gasteiger partial charge in [0.1, 0.15) is 16.9 Å². The summed E-state index contributed by atoms with van der Waals surface area (Å²) in [4.78, 5) is 21.7. The lowest BCUT2D eigenvalue weighted by atomic mass is 10.0. The highest BCUT2D eigenvalue weighted by Gasteiger charge is 2.28. The van der Waals surface area contributed by atoms with Crippen molar-refractivity contribution in [3.8, 4) is 11.4 Å². The SMILES string of the molecule is CN(C)C(=O)n1nc2c(c1-c1nc(F)nc3c(F)c(Br)c(Cl)cc13)CNCCC2. The molecule has 1 aliphatic rings. The van der Waals surface area contributed by atoms with Crippen LogP contribution in [0.25, 0.3) is 22.3 Å². The number of carbonyl (C=O) groups excluding carboxylic acids is 1. The zero-order valence-corrected chi connectivity index (χ0v) is 17.9. The quantitative estimate of drug-likeness (QED) is 0.420. The standard InChI is InChI=1S/C18H16BrClF2N6O/c1-27(2)18(29)28-16(9-7-23-5-3-4-11(9)26-28)15-8-6-10(20)12(19)13(21)14(8)24-17(22)25-15/h6,23H,3-5,7H2,1-2H3. The van der Waals surface area contributed by atoms with Gasteiger partial charge in [-0.25, -0.2) is 9.18 Å². The summed E-state index contributed by atoms with van der Waals surface area (Å²) in [6.07, 6.45) is 0.377. The maximum Gasteiger partial charge on any atom is 0.344 e. The third-order valence-corrected chi connectivity index (χ3v) is 6.03. The van der Waals surface area contributed by atoms with Crippen LogP contribution >= 0.6 is 27.5 Å². The van der Waals surface area contributed by atoms with E-state index in [-0.39, 0.29) is 26.1 Å². The normalized spacial score (nSPS) is 14.0. The first-order valence-corrected chi connectivity index (χ1v) is 10.0. The highest BCUT2D eigenvalue weighted by molar-refractivity contribution is 9.10. The second kappa shape index (κ2) is 7.58. The first kappa shape index (κ1) is 20.1. The fourth-order valence-electron chi connectivity index (χ4n) is 3.37. The molecule has 0 atom stereocenters. The Hall–Kier alpha value is -2.17. The van der Waals surface area contributed by atoms with Gasteiger partial charge in [0, 0.05) is 31.6 Å². The van der Waals surface area contributed by atoms with Crippen LogP contribution in [0.15, 0.2) is 10.5 Å². The van der Waals surface area contributed by atoms with Crippen LogP contribution in [0.1, 0.15) is 17.7 Å².